The van der Waals surface area contributed by atoms with Crippen molar-refractivity contribution in [2.45, 2.75) is 51.5 Å². The van der Waals surface area contributed by atoms with E-state index in [1.807, 2.05) is 6.92 Å². The zero-order chi connectivity index (χ0) is 20.5. The second-order valence-electron chi connectivity index (χ2n) is 7.99. The van der Waals surface area contributed by atoms with Crippen molar-refractivity contribution in [3.8, 4) is 0 Å². The van der Waals surface area contributed by atoms with E-state index in [1.165, 1.54) is 11.1 Å². The normalized spacial score (nSPS) is 22.2. The SMILES string of the molecule is CCNC(=NCC(O)CN1CCc2ccccc2C1)NC(C)COC1CCOC1. The van der Waals surface area contributed by atoms with Gasteiger partial charge in [-0.15, -0.1) is 0 Å². The summed E-state index contributed by atoms with van der Waals surface area (Å²) >= 11 is 0. The zero-order valence-electron chi connectivity index (χ0n) is 17.8. The molecule has 0 radical (unpaired) electrons. The molecule has 2 aliphatic rings. The highest BCUT2D eigenvalue weighted by atomic mass is 16.5. The molecule has 2 aliphatic heterocycles. The smallest absolute Gasteiger partial charge is 0.191 e. The van der Waals surface area contributed by atoms with Crippen molar-refractivity contribution in [2.24, 2.45) is 4.99 Å². The van der Waals surface area contributed by atoms with Crippen LogP contribution in [0.5, 0.6) is 0 Å². The molecule has 0 bridgehead atoms. The number of hydrogen-bond acceptors (Lipinski definition) is 5. The summed E-state index contributed by atoms with van der Waals surface area (Å²) in [4.78, 5) is 6.89. The van der Waals surface area contributed by atoms with Crippen molar-refractivity contribution in [1.29, 1.82) is 0 Å². The number of nitrogens with zero attached hydrogens (tertiary/aromatic N) is 2. The number of hydrogen-bond donors (Lipinski definition) is 3. The number of rotatable bonds is 9. The number of aliphatic imine (C=N–C) groups is 1. The maximum atomic E-state index is 10.5. The lowest BCUT2D eigenvalue weighted by Gasteiger charge is -2.30. The van der Waals surface area contributed by atoms with Gasteiger partial charge in [0, 0.05) is 38.8 Å². The third kappa shape index (κ3) is 7.26. The second-order valence-corrected chi connectivity index (χ2v) is 7.99. The summed E-state index contributed by atoms with van der Waals surface area (Å²) < 4.78 is 11.2. The molecule has 1 saturated heterocycles. The zero-order valence-corrected chi connectivity index (χ0v) is 17.8. The van der Waals surface area contributed by atoms with Crippen molar-refractivity contribution >= 4 is 5.96 Å². The molecule has 3 N–H and O–H groups in total. The molecule has 0 aromatic heterocycles. The van der Waals surface area contributed by atoms with Crippen LogP contribution < -0.4 is 10.6 Å². The molecule has 0 aliphatic carbocycles. The van der Waals surface area contributed by atoms with E-state index >= 15 is 0 Å². The molecule has 3 unspecified atom stereocenters. The maximum absolute atomic E-state index is 10.5. The molecule has 1 aromatic carbocycles. The van der Waals surface area contributed by atoms with Crippen LogP contribution in [0.1, 0.15) is 31.4 Å². The number of benzene rings is 1. The van der Waals surface area contributed by atoms with Crippen molar-refractivity contribution in [3.63, 3.8) is 0 Å². The highest BCUT2D eigenvalue weighted by Crippen LogP contribution is 2.18. The lowest BCUT2D eigenvalue weighted by molar-refractivity contribution is 0.0347. The molecule has 2 heterocycles. The molecule has 7 nitrogen and oxygen atoms in total. The summed E-state index contributed by atoms with van der Waals surface area (Å²) in [5, 5.41) is 17.1. The van der Waals surface area contributed by atoms with Crippen molar-refractivity contribution in [3.05, 3.63) is 35.4 Å². The summed E-state index contributed by atoms with van der Waals surface area (Å²) in [5.41, 5.74) is 2.79. The Bertz CT molecular complexity index is 649. The Morgan fingerprint density at radius 2 is 2.21 bits per heavy atom. The van der Waals surface area contributed by atoms with E-state index in [2.05, 4.69) is 51.7 Å². The number of fused-ring (bicyclic) bond motifs is 1. The Morgan fingerprint density at radius 1 is 1.38 bits per heavy atom. The van der Waals surface area contributed by atoms with Gasteiger partial charge in [-0.05, 0) is 37.8 Å². The standard InChI is InChI=1S/C22H36N4O3/c1-3-23-22(25-17(2)15-29-21-9-11-28-16-21)24-12-20(27)14-26-10-8-18-6-4-5-7-19(18)13-26/h4-7,17,20-21,27H,3,8-16H2,1-2H3,(H2,23,24,25). The van der Waals surface area contributed by atoms with Crippen LogP contribution in [0.15, 0.2) is 29.3 Å². The van der Waals surface area contributed by atoms with E-state index in [0.717, 1.165) is 39.1 Å². The first kappa shape index (κ1) is 22.0. The Hall–Kier alpha value is -1.67. The van der Waals surface area contributed by atoms with E-state index in [9.17, 15) is 5.11 Å². The molecule has 0 amide bonds. The molecule has 0 saturated carbocycles. The van der Waals surface area contributed by atoms with Crippen LogP contribution in [0, 0.1) is 0 Å². The molecule has 3 rings (SSSR count). The van der Waals surface area contributed by atoms with Gasteiger partial charge < -0.3 is 25.2 Å². The van der Waals surface area contributed by atoms with Gasteiger partial charge in [-0.25, -0.2) is 0 Å². The summed E-state index contributed by atoms with van der Waals surface area (Å²) in [6.45, 7) is 9.85. The second kappa shape index (κ2) is 11.5. The van der Waals surface area contributed by atoms with Gasteiger partial charge in [0.2, 0.25) is 0 Å². The van der Waals surface area contributed by atoms with Crippen molar-refractivity contribution < 1.29 is 14.6 Å². The molecule has 7 heteroatoms. The lowest BCUT2D eigenvalue weighted by Crippen LogP contribution is -2.45. The minimum atomic E-state index is -0.488. The van der Waals surface area contributed by atoms with Crippen LogP contribution in [-0.4, -0.2) is 80.2 Å². The van der Waals surface area contributed by atoms with Crippen LogP contribution in [0.3, 0.4) is 0 Å². The molecule has 1 aromatic rings. The van der Waals surface area contributed by atoms with Crippen LogP contribution in [-0.2, 0) is 22.4 Å². The fraction of sp³-hybridized carbons (Fsp3) is 0.682. The van der Waals surface area contributed by atoms with Gasteiger partial charge in [0.25, 0.3) is 0 Å². The number of β-amino-alcohol motifs (C(OH)–C–C–N with tert-alkyl or cyclic N) is 1. The first-order chi connectivity index (χ1) is 14.1. The number of ether oxygens (including phenoxy) is 2. The van der Waals surface area contributed by atoms with Gasteiger partial charge in [-0.2, -0.15) is 0 Å². The molecule has 0 spiro atoms. The summed E-state index contributed by atoms with van der Waals surface area (Å²) in [7, 11) is 0. The minimum absolute atomic E-state index is 0.129. The van der Waals surface area contributed by atoms with Crippen LogP contribution in [0.4, 0.5) is 0 Å². The lowest BCUT2D eigenvalue weighted by atomic mass is 10.00. The van der Waals surface area contributed by atoms with Gasteiger partial charge >= 0.3 is 0 Å². The van der Waals surface area contributed by atoms with E-state index in [1.54, 1.807) is 0 Å². The van der Waals surface area contributed by atoms with Gasteiger partial charge in [0.05, 0.1) is 32.0 Å². The van der Waals surface area contributed by atoms with Gasteiger partial charge in [-0.3, -0.25) is 9.89 Å². The Labute approximate surface area is 174 Å². The van der Waals surface area contributed by atoms with Gasteiger partial charge in [0.15, 0.2) is 5.96 Å². The molecular formula is C22H36N4O3. The third-order valence-electron chi connectivity index (χ3n) is 5.34. The van der Waals surface area contributed by atoms with E-state index in [-0.39, 0.29) is 12.1 Å². The summed E-state index contributed by atoms with van der Waals surface area (Å²) in [6, 6.07) is 8.69. The van der Waals surface area contributed by atoms with E-state index in [0.29, 0.717) is 32.3 Å². The first-order valence-electron chi connectivity index (χ1n) is 10.9. The molecule has 1 fully saturated rings. The average molecular weight is 405 g/mol. The van der Waals surface area contributed by atoms with Crippen molar-refractivity contribution in [1.82, 2.24) is 15.5 Å². The van der Waals surface area contributed by atoms with E-state index in [4.69, 9.17) is 9.47 Å². The van der Waals surface area contributed by atoms with Gasteiger partial charge in [0.1, 0.15) is 0 Å². The van der Waals surface area contributed by atoms with Crippen molar-refractivity contribution in [2.75, 3.05) is 46.0 Å². The number of aliphatic hydroxyl groups is 1. The number of aliphatic hydroxyl groups excluding tert-OH is 1. The van der Waals surface area contributed by atoms with Crippen LogP contribution >= 0.6 is 0 Å². The van der Waals surface area contributed by atoms with Crippen LogP contribution in [0.25, 0.3) is 0 Å². The highest BCUT2D eigenvalue weighted by Gasteiger charge is 2.19. The molecule has 29 heavy (non-hydrogen) atoms. The first-order valence-corrected chi connectivity index (χ1v) is 10.9. The number of nitrogens with one attached hydrogen (secondary N) is 2. The summed E-state index contributed by atoms with van der Waals surface area (Å²) in [6.07, 6.45) is 1.72. The Kier molecular flexibility index (Phi) is 8.73. The monoisotopic (exact) mass is 404 g/mol. The number of guanidine groups is 1. The summed E-state index contributed by atoms with van der Waals surface area (Å²) in [5.74, 6) is 0.717. The molecule has 3 atom stereocenters. The third-order valence-corrected chi connectivity index (χ3v) is 5.34. The fourth-order valence-electron chi connectivity index (χ4n) is 3.78. The minimum Gasteiger partial charge on any atom is -0.390 e. The van der Waals surface area contributed by atoms with Crippen LogP contribution in [0.2, 0.25) is 0 Å². The van der Waals surface area contributed by atoms with E-state index < -0.39 is 6.10 Å². The predicted octanol–water partition coefficient (Wildman–Crippen LogP) is 1.15. The average Bonchev–Trinajstić information content (AvgIpc) is 3.24. The fourth-order valence-corrected chi connectivity index (χ4v) is 3.78. The maximum Gasteiger partial charge on any atom is 0.191 e. The molecular weight excluding hydrogens is 368 g/mol. The Balaban J connectivity index is 1.42. The quantitative estimate of drug-likeness (QED) is 0.423. The molecule has 162 valence electrons. The Morgan fingerprint density at radius 3 is 2.97 bits per heavy atom. The predicted molar refractivity (Wildman–Crippen MR) is 115 cm³/mol. The van der Waals surface area contributed by atoms with Gasteiger partial charge in [-0.1, -0.05) is 24.3 Å². The largest absolute Gasteiger partial charge is 0.390 e. The highest BCUT2D eigenvalue weighted by molar-refractivity contribution is 5.80. The topological polar surface area (TPSA) is 78.4 Å².